The molecule has 0 saturated carbocycles. The summed E-state index contributed by atoms with van der Waals surface area (Å²) in [6.45, 7) is 0. The van der Waals surface area contributed by atoms with Crippen molar-refractivity contribution in [3.63, 3.8) is 0 Å². The molecule has 0 aliphatic rings. The SMILES string of the molecule is Cn1cc(Cl)c(=O)c2ccc(S(=O)(=O)Cl)cc21. The van der Waals surface area contributed by atoms with Gasteiger partial charge in [0.15, 0.2) is 0 Å². The standard InChI is InChI=1S/C10H7Cl2NO3S/c1-13-5-8(11)10(14)7-3-2-6(4-9(7)13)17(12,15)16/h2-5H,1H3. The van der Waals surface area contributed by atoms with Crippen molar-refractivity contribution in [1.82, 2.24) is 4.57 Å². The molecule has 2 aromatic rings. The first-order chi connectivity index (χ1) is 7.80. The molecule has 0 fully saturated rings. The smallest absolute Gasteiger partial charge is 0.261 e. The molecular weight excluding hydrogens is 285 g/mol. The van der Waals surface area contributed by atoms with Crippen molar-refractivity contribution < 1.29 is 8.42 Å². The van der Waals surface area contributed by atoms with E-state index >= 15 is 0 Å². The van der Waals surface area contributed by atoms with Crippen molar-refractivity contribution in [2.45, 2.75) is 4.90 Å². The zero-order chi connectivity index (χ0) is 12.8. The van der Waals surface area contributed by atoms with Crippen LogP contribution < -0.4 is 5.43 Å². The summed E-state index contributed by atoms with van der Waals surface area (Å²) in [7, 11) is 3.10. The minimum atomic E-state index is -3.81. The van der Waals surface area contributed by atoms with Gasteiger partial charge in [0.2, 0.25) is 5.43 Å². The Morgan fingerprint density at radius 2 is 1.94 bits per heavy atom. The largest absolute Gasteiger partial charge is 0.349 e. The van der Waals surface area contributed by atoms with Crippen molar-refractivity contribution >= 4 is 42.2 Å². The molecule has 0 radical (unpaired) electrons. The molecular formula is C10H7Cl2NO3S. The van der Waals surface area contributed by atoms with E-state index in [1.807, 2.05) is 0 Å². The van der Waals surface area contributed by atoms with Crippen LogP contribution in [0, 0.1) is 0 Å². The predicted octanol–water partition coefficient (Wildman–Crippen LogP) is 2.12. The van der Waals surface area contributed by atoms with E-state index in [-0.39, 0.29) is 15.3 Å². The molecule has 1 aromatic carbocycles. The van der Waals surface area contributed by atoms with E-state index in [0.29, 0.717) is 10.9 Å². The normalized spacial score (nSPS) is 11.9. The zero-order valence-electron chi connectivity index (χ0n) is 8.65. The lowest BCUT2D eigenvalue weighted by atomic mass is 10.2. The summed E-state index contributed by atoms with van der Waals surface area (Å²) >= 11 is 5.74. The number of fused-ring (bicyclic) bond motifs is 1. The van der Waals surface area contributed by atoms with Crippen LogP contribution in [0.5, 0.6) is 0 Å². The lowest BCUT2D eigenvalue weighted by molar-refractivity contribution is 0.609. The molecule has 0 N–H and O–H groups in total. The molecule has 1 aromatic heterocycles. The Bertz CT molecular complexity index is 765. The monoisotopic (exact) mass is 291 g/mol. The Labute approximate surface area is 107 Å². The van der Waals surface area contributed by atoms with Crippen molar-refractivity contribution in [2.75, 3.05) is 0 Å². The molecule has 2 rings (SSSR count). The summed E-state index contributed by atoms with van der Waals surface area (Å²) in [5.41, 5.74) is 0.124. The van der Waals surface area contributed by atoms with Crippen LogP contribution >= 0.6 is 22.3 Å². The average Bonchev–Trinajstić information content (AvgIpc) is 2.24. The van der Waals surface area contributed by atoms with Gasteiger partial charge in [-0.3, -0.25) is 4.79 Å². The van der Waals surface area contributed by atoms with E-state index in [0.717, 1.165) is 0 Å². The third-order valence-corrected chi connectivity index (χ3v) is 4.02. The molecule has 0 bridgehead atoms. The summed E-state index contributed by atoms with van der Waals surface area (Å²) in [4.78, 5) is 11.7. The van der Waals surface area contributed by atoms with Crippen LogP contribution in [0.4, 0.5) is 0 Å². The van der Waals surface area contributed by atoms with Crippen LogP contribution in [0.25, 0.3) is 10.9 Å². The van der Waals surface area contributed by atoms with Gasteiger partial charge in [-0.2, -0.15) is 0 Å². The summed E-state index contributed by atoms with van der Waals surface area (Å²) < 4.78 is 24.0. The zero-order valence-corrected chi connectivity index (χ0v) is 11.0. The fourth-order valence-corrected chi connectivity index (χ4v) is 2.59. The van der Waals surface area contributed by atoms with E-state index in [9.17, 15) is 13.2 Å². The van der Waals surface area contributed by atoms with E-state index in [1.165, 1.54) is 24.4 Å². The highest BCUT2D eigenvalue weighted by atomic mass is 35.7. The van der Waals surface area contributed by atoms with Gasteiger partial charge in [-0.15, -0.1) is 0 Å². The molecule has 90 valence electrons. The Morgan fingerprint density at radius 1 is 1.29 bits per heavy atom. The van der Waals surface area contributed by atoms with Gasteiger partial charge in [-0.05, 0) is 18.2 Å². The van der Waals surface area contributed by atoms with Gasteiger partial charge in [-0.25, -0.2) is 8.42 Å². The lowest BCUT2D eigenvalue weighted by Gasteiger charge is -2.06. The predicted molar refractivity (Wildman–Crippen MR) is 67.2 cm³/mol. The average molecular weight is 292 g/mol. The van der Waals surface area contributed by atoms with Crippen LogP contribution in [0.3, 0.4) is 0 Å². The maximum atomic E-state index is 11.7. The molecule has 17 heavy (non-hydrogen) atoms. The molecule has 1 heterocycles. The van der Waals surface area contributed by atoms with Gasteiger partial charge in [0, 0.05) is 29.3 Å². The number of aryl methyl sites for hydroxylation is 1. The molecule has 7 heteroatoms. The highest BCUT2D eigenvalue weighted by Gasteiger charge is 2.13. The lowest BCUT2D eigenvalue weighted by Crippen LogP contribution is -2.08. The van der Waals surface area contributed by atoms with Crippen LogP contribution in [0.2, 0.25) is 5.02 Å². The number of pyridine rings is 1. The minimum Gasteiger partial charge on any atom is -0.349 e. The van der Waals surface area contributed by atoms with Gasteiger partial charge >= 0.3 is 0 Å². The molecule has 0 atom stereocenters. The third kappa shape index (κ3) is 2.18. The summed E-state index contributed by atoms with van der Waals surface area (Å²) in [5, 5.41) is 0.436. The second-order valence-electron chi connectivity index (χ2n) is 3.53. The molecule has 0 spiro atoms. The van der Waals surface area contributed by atoms with E-state index < -0.39 is 9.05 Å². The Morgan fingerprint density at radius 3 is 2.53 bits per heavy atom. The van der Waals surface area contributed by atoms with Gasteiger partial charge in [-0.1, -0.05) is 11.6 Å². The molecule has 0 amide bonds. The maximum absolute atomic E-state index is 11.7. The molecule has 0 saturated heterocycles. The topological polar surface area (TPSA) is 56.1 Å². The Kier molecular flexibility index (Phi) is 2.93. The van der Waals surface area contributed by atoms with Gasteiger partial charge in [0.1, 0.15) is 5.02 Å². The van der Waals surface area contributed by atoms with Crippen molar-refractivity contribution in [3.05, 3.63) is 39.6 Å². The van der Waals surface area contributed by atoms with Gasteiger partial charge < -0.3 is 4.57 Å². The Balaban J connectivity index is 2.94. The highest BCUT2D eigenvalue weighted by Crippen LogP contribution is 2.20. The molecule has 4 nitrogen and oxygen atoms in total. The number of nitrogens with zero attached hydrogens (tertiary/aromatic N) is 1. The van der Waals surface area contributed by atoms with Crippen LogP contribution in [0.1, 0.15) is 0 Å². The number of hydrogen-bond acceptors (Lipinski definition) is 3. The Hall–Kier alpha value is -1.04. The minimum absolute atomic E-state index is 0.0519. The second-order valence-corrected chi connectivity index (χ2v) is 6.51. The third-order valence-electron chi connectivity index (χ3n) is 2.40. The van der Waals surface area contributed by atoms with Crippen molar-refractivity contribution in [2.24, 2.45) is 7.05 Å². The fourth-order valence-electron chi connectivity index (χ4n) is 1.57. The molecule has 0 unspecified atom stereocenters. The van der Waals surface area contributed by atoms with Crippen LogP contribution in [0.15, 0.2) is 34.1 Å². The summed E-state index contributed by atoms with van der Waals surface area (Å²) in [6.07, 6.45) is 1.43. The van der Waals surface area contributed by atoms with E-state index in [4.69, 9.17) is 22.3 Å². The quantitative estimate of drug-likeness (QED) is 0.756. The number of halogens is 2. The summed E-state index contributed by atoms with van der Waals surface area (Å²) in [5.74, 6) is 0. The van der Waals surface area contributed by atoms with Crippen LogP contribution in [-0.4, -0.2) is 13.0 Å². The van der Waals surface area contributed by atoms with Crippen LogP contribution in [-0.2, 0) is 16.1 Å². The highest BCUT2D eigenvalue weighted by molar-refractivity contribution is 8.13. The second kappa shape index (κ2) is 4.01. The fraction of sp³-hybridized carbons (Fsp3) is 0.100. The molecule has 0 aliphatic heterocycles. The first-order valence-electron chi connectivity index (χ1n) is 4.54. The van der Waals surface area contributed by atoms with Crippen molar-refractivity contribution in [1.29, 1.82) is 0 Å². The van der Waals surface area contributed by atoms with E-state index in [1.54, 1.807) is 11.6 Å². The van der Waals surface area contributed by atoms with Gasteiger partial charge in [0.05, 0.1) is 10.4 Å². The molecule has 0 aliphatic carbocycles. The number of rotatable bonds is 1. The number of benzene rings is 1. The first kappa shape index (κ1) is 12.4. The van der Waals surface area contributed by atoms with Gasteiger partial charge in [0.25, 0.3) is 9.05 Å². The first-order valence-corrected chi connectivity index (χ1v) is 7.23. The van der Waals surface area contributed by atoms with Crippen molar-refractivity contribution in [3.8, 4) is 0 Å². The number of aromatic nitrogens is 1. The summed E-state index contributed by atoms with van der Waals surface area (Å²) in [6, 6.07) is 4.02. The maximum Gasteiger partial charge on any atom is 0.261 e. The number of hydrogen-bond donors (Lipinski definition) is 0. The van der Waals surface area contributed by atoms with E-state index in [2.05, 4.69) is 0 Å².